The Kier molecular flexibility index (Phi) is 7.40. The van der Waals surface area contributed by atoms with Gasteiger partial charge < -0.3 is 10.2 Å². The molecular formula is C14H21F3N2S. The number of nitrogens with zero attached hydrogens (tertiary/aromatic N) is 1. The van der Waals surface area contributed by atoms with Gasteiger partial charge in [0.25, 0.3) is 0 Å². The Bertz CT molecular complexity index is 377. The fourth-order valence-electron chi connectivity index (χ4n) is 1.72. The number of thioether (sulfide) groups is 1. The predicted octanol–water partition coefficient (Wildman–Crippen LogP) is 3.73. The average molecular weight is 306 g/mol. The molecule has 0 bridgehead atoms. The molecule has 0 atom stereocenters. The largest absolute Gasteiger partial charge is 0.446 e. The number of nitrogens with one attached hydrogen (secondary N) is 1. The fourth-order valence-corrected chi connectivity index (χ4v) is 2.26. The van der Waals surface area contributed by atoms with Gasteiger partial charge in [0.15, 0.2) is 0 Å². The molecular weight excluding hydrogens is 285 g/mol. The first-order valence-electron chi connectivity index (χ1n) is 6.57. The summed E-state index contributed by atoms with van der Waals surface area (Å²) in [7, 11) is 4.10. The van der Waals surface area contributed by atoms with Gasteiger partial charge >= 0.3 is 5.51 Å². The van der Waals surface area contributed by atoms with Crippen LogP contribution in [0.3, 0.4) is 0 Å². The van der Waals surface area contributed by atoms with Gasteiger partial charge in [0.05, 0.1) is 0 Å². The van der Waals surface area contributed by atoms with Crippen molar-refractivity contribution in [2.24, 2.45) is 0 Å². The minimum absolute atomic E-state index is 0.0780. The first-order valence-corrected chi connectivity index (χ1v) is 7.38. The van der Waals surface area contributed by atoms with E-state index in [1.54, 1.807) is 12.1 Å². The van der Waals surface area contributed by atoms with Crippen molar-refractivity contribution in [1.29, 1.82) is 0 Å². The Labute approximate surface area is 122 Å². The second-order valence-electron chi connectivity index (χ2n) is 4.88. The highest BCUT2D eigenvalue weighted by atomic mass is 32.2. The Morgan fingerprint density at radius 3 is 2.30 bits per heavy atom. The summed E-state index contributed by atoms with van der Waals surface area (Å²) < 4.78 is 36.5. The van der Waals surface area contributed by atoms with Crippen LogP contribution in [0.25, 0.3) is 0 Å². The Balaban J connectivity index is 2.21. The molecule has 0 saturated heterocycles. The van der Waals surface area contributed by atoms with E-state index < -0.39 is 5.51 Å². The summed E-state index contributed by atoms with van der Waals surface area (Å²) >= 11 is -0.0780. The summed E-state index contributed by atoms with van der Waals surface area (Å²) in [5, 5.41) is 3.30. The monoisotopic (exact) mass is 306 g/mol. The molecule has 0 aliphatic rings. The van der Waals surface area contributed by atoms with E-state index in [1.807, 2.05) is 14.1 Å². The van der Waals surface area contributed by atoms with Crippen LogP contribution in [-0.4, -0.2) is 37.6 Å². The topological polar surface area (TPSA) is 15.3 Å². The fraction of sp³-hybridized carbons (Fsp3) is 0.571. The summed E-state index contributed by atoms with van der Waals surface area (Å²) in [6, 6.07) is 6.50. The van der Waals surface area contributed by atoms with E-state index in [1.165, 1.54) is 12.1 Å². The standard InChI is InChI=1S/C14H21F3N2S/c1-19(2)10-4-3-9-18-11-12-5-7-13(8-6-12)20-14(15,16)17/h5-8,18H,3-4,9-11H2,1-2H3. The molecule has 0 amide bonds. The molecule has 0 spiro atoms. The van der Waals surface area contributed by atoms with Crippen LogP contribution >= 0.6 is 11.8 Å². The van der Waals surface area contributed by atoms with Crippen LogP contribution in [-0.2, 0) is 6.54 Å². The molecule has 20 heavy (non-hydrogen) atoms. The lowest BCUT2D eigenvalue weighted by atomic mass is 10.2. The van der Waals surface area contributed by atoms with Crippen LogP contribution in [0.5, 0.6) is 0 Å². The number of hydrogen-bond acceptors (Lipinski definition) is 3. The molecule has 1 aromatic rings. The maximum absolute atomic E-state index is 12.2. The van der Waals surface area contributed by atoms with Crippen LogP contribution in [0.4, 0.5) is 13.2 Å². The summed E-state index contributed by atoms with van der Waals surface area (Å²) in [5.41, 5.74) is -3.21. The minimum Gasteiger partial charge on any atom is -0.313 e. The molecule has 0 saturated carbocycles. The van der Waals surface area contributed by atoms with Crippen molar-refractivity contribution in [3.63, 3.8) is 0 Å². The first kappa shape index (κ1) is 17.3. The smallest absolute Gasteiger partial charge is 0.313 e. The summed E-state index contributed by atoms with van der Waals surface area (Å²) in [5.74, 6) is 0. The molecule has 0 fully saturated rings. The molecule has 0 aromatic heterocycles. The van der Waals surface area contributed by atoms with Gasteiger partial charge in [-0.3, -0.25) is 0 Å². The zero-order chi connectivity index (χ0) is 15.0. The molecule has 0 aliphatic heterocycles. The zero-order valence-corrected chi connectivity index (χ0v) is 12.7. The lowest BCUT2D eigenvalue weighted by Crippen LogP contribution is -2.18. The lowest BCUT2D eigenvalue weighted by Gasteiger charge is -2.10. The maximum atomic E-state index is 12.2. The molecule has 1 N–H and O–H groups in total. The van der Waals surface area contributed by atoms with E-state index in [4.69, 9.17) is 0 Å². The normalized spacial score (nSPS) is 12.1. The molecule has 0 aliphatic carbocycles. The molecule has 2 nitrogen and oxygen atoms in total. The van der Waals surface area contributed by atoms with Gasteiger partial charge in [-0.1, -0.05) is 12.1 Å². The van der Waals surface area contributed by atoms with Crippen molar-refractivity contribution < 1.29 is 13.2 Å². The van der Waals surface area contributed by atoms with E-state index in [-0.39, 0.29) is 16.7 Å². The molecule has 0 unspecified atom stereocenters. The van der Waals surface area contributed by atoms with Crippen molar-refractivity contribution >= 4 is 11.8 Å². The van der Waals surface area contributed by atoms with E-state index in [0.29, 0.717) is 6.54 Å². The van der Waals surface area contributed by atoms with Gasteiger partial charge in [-0.15, -0.1) is 0 Å². The molecule has 114 valence electrons. The van der Waals surface area contributed by atoms with E-state index >= 15 is 0 Å². The van der Waals surface area contributed by atoms with Gasteiger partial charge in [-0.2, -0.15) is 13.2 Å². The van der Waals surface area contributed by atoms with Crippen molar-refractivity contribution in [2.45, 2.75) is 29.8 Å². The van der Waals surface area contributed by atoms with Crippen molar-refractivity contribution in [2.75, 3.05) is 27.2 Å². The lowest BCUT2D eigenvalue weighted by molar-refractivity contribution is -0.0328. The highest BCUT2D eigenvalue weighted by Crippen LogP contribution is 2.36. The third-order valence-corrected chi connectivity index (χ3v) is 3.43. The number of alkyl halides is 3. The van der Waals surface area contributed by atoms with Crippen molar-refractivity contribution in [3.8, 4) is 0 Å². The summed E-state index contributed by atoms with van der Waals surface area (Å²) in [6.45, 7) is 2.69. The average Bonchev–Trinajstić information content (AvgIpc) is 2.33. The Hall–Kier alpha value is -0.720. The second-order valence-corrected chi connectivity index (χ2v) is 6.02. The molecule has 1 rings (SSSR count). The Morgan fingerprint density at radius 2 is 1.75 bits per heavy atom. The molecule has 6 heteroatoms. The van der Waals surface area contributed by atoms with Crippen LogP contribution in [0, 0.1) is 0 Å². The minimum atomic E-state index is -4.22. The second kappa shape index (κ2) is 8.54. The van der Waals surface area contributed by atoms with E-state index in [2.05, 4.69) is 10.2 Å². The summed E-state index contributed by atoms with van der Waals surface area (Å²) in [4.78, 5) is 2.38. The van der Waals surface area contributed by atoms with Crippen LogP contribution in [0.1, 0.15) is 18.4 Å². The van der Waals surface area contributed by atoms with Gasteiger partial charge in [-0.25, -0.2) is 0 Å². The zero-order valence-electron chi connectivity index (χ0n) is 11.8. The van der Waals surface area contributed by atoms with E-state index in [0.717, 1.165) is 31.5 Å². The van der Waals surface area contributed by atoms with Crippen molar-refractivity contribution in [1.82, 2.24) is 10.2 Å². The number of benzene rings is 1. The molecule has 0 radical (unpaired) electrons. The quantitative estimate of drug-likeness (QED) is 0.582. The first-order chi connectivity index (χ1) is 9.37. The third-order valence-electron chi connectivity index (χ3n) is 2.69. The summed E-state index contributed by atoms with van der Waals surface area (Å²) in [6.07, 6.45) is 2.24. The predicted molar refractivity (Wildman–Crippen MR) is 77.8 cm³/mol. The SMILES string of the molecule is CN(C)CCCCNCc1ccc(SC(F)(F)F)cc1. The van der Waals surface area contributed by atoms with Crippen LogP contribution < -0.4 is 5.32 Å². The van der Waals surface area contributed by atoms with Gasteiger partial charge in [0.1, 0.15) is 0 Å². The van der Waals surface area contributed by atoms with Gasteiger partial charge in [-0.05, 0) is 69.5 Å². The number of hydrogen-bond donors (Lipinski definition) is 1. The third kappa shape index (κ3) is 8.45. The number of halogens is 3. The number of rotatable bonds is 8. The number of unbranched alkanes of at least 4 members (excludes halogenated alkanes) is 1. The van der Waals surface area contributed by atoms with Crippen LogP contribution in [0.2, 0.25) is 0 Å². The van der Waals surface area contributed by atoms with Crippen molar-refractivity contribution in [3.05, 3.63) is 29.8 Å². The van der Waals surface area contributed by atoms with Gasteiger partial charge in [0, 0.05) is 11.4 Å². The highest BCUT2D eigenvalue weighted by molar-refractivity contribution is 8.00. The molecule has 1 aromatic carbocycles. The molecule has 0 heterocycles. The Morgan fingerprint density at radius 1 is 1.10 bits per heavy atom. The highest BCUT2D eigenvalue weighted by Gasteiger charge is 2.28. The van der Waals surface area contributed by atoms with E-state index in [9.17, 15) is 13.2 Å². The van der Waals surface area contributed by atoms with Crippen LogP contribution in [0.15, 0.2) is 29.2 Å². The van der Waals surface area contributed by atoms with Gasteiger partial charge in [0.2, 0.25) is 0 Å². The maximum Gasteiger partial charge on any atom is 0.446 e.